The summed E-state index contributed by atoms with van der Waals surface area (Å²) in [6.07, 6.45) is 2.63. The van der Waals surface area contributed by atoms with Crippen LogP contribution in [0, 0.1) is 6.92 Å². The summed E-state index contributed by atoms with van der Waals surface area (Å²) in [5, 5.41) is 11.0. The van der Waals surface area contributed by atoms with Crippen molar-refractivity contribution in [3.05, 3.63) is 46.1 Å². The third kappa shape index (κ3) is 2.86. The average molecular weight is 287 g/mol. The number of aromatic nitrogens is 4. The van der Waals surface area contributed by atoms with Gasteiger partial charge in [0.2, 0.25) is 5.91 Å². The third-order valence-electron chi connectivity index (χ3n) is 3.79. The van der Waals surface area contributed by atoms with E-state index in [1.54, 1.807) is 24.1 Å². The predicted octanol–water partition coefficient (Wildman–Crippen LogP) is 0.291. The first kappa shape index (κ1) is 13.5. The first-order valence-corrected chi connectivity index (χ1v) is 6.95. The number of hydrogen-bond acceptors (Lipinski definition) is 4. The third-order valence-corrected chi connectivity index (χ3v) is 3.79. The fraction of sp³-hybridized carbons (Fsp3) is 0.429. The number of carbonyl (C=O) groups excluding carboxylic acids is 1. The van der Waals surface area contributed by atoms with Crippen molar-refractivity contribution in [2.24, 2.45) is 0 Å². The Kier molecular flexibility index (Phi) is 3.55. The maximum absolute atomic E-state index is 12.3. The van der Waals surface area contributed by atoms with Crippen molar-refractivity contribution in [1.29, 1.82) is 0 Å². The molecule has 0 aliphatic carbocycles. The van der Waals surface area contributed by atoms with Crippen molar-refractivity contribution in [2.75, 3.05) is 13.1 Å². The second-order valence-corrected chi connectivity index (χ2v) is 5.31. The van der Waals surface area contributed by atoms with Gasteiger partial charge in [-0.15, -0.1) is 0 Å². The zero-order valence-electron chi connectivity index (χ0n) is 11.8. The summed E-state index contributed by atoms with van der Waals surface area (Å²) in [5.74, 6) is 0.218. The minimum Gasteiger partial charge on any atom is -0.340 e. The number of hydrogen-bond donors (Lipinski definition) is 1. The van der Waals surface area contributed by atoms with Crippen LogP contribution in [0.1, 0.15) is 23.7 Å². The quantitative estimate of drug-likeness (QED) is 0.879. The number of nitrogens with zero attached hydrogens (tertiary/aromatic N) is 4. The Morgan fingerprint density at radius 1 is 1.43 bits per heavy atom. The van der Waals surface area contributed by atoms with Crippen LogP contribution in [0.3, 0.4) is 0 Å². The van der Waals surface area contributed by atoms with Gasteiger partial charge in [-0.2, -0.15) is 10.2 Å². The highest BCUT2D eigenvalue weighted by molar-refractivity contribution is 5.76. The van der Waals surface area contributed by atoms with Crippen molar-refractivity contribution in [1.82, 2.24) is 24.9 Å². The van der Waals surface area contributed by atoms with Gasteiger partial charge in [0.1, 0.15) is 6.54 Å². The van der Waals surface area contributed by atoms with Crippen molar-refractivity contribution >= 4 is 5.91 Å². The largest absolute Gasteiger partial charge is 0.340 e. The maximum atomic E-state index is 12.3. The summed E-state index contributed by atoms with van der Waals surface area (Å²) in [5.41, 5.74) is 1.52. The van der Waals surface area contributed by atoms with Crippen LogP contribution in [0.2, 0.25) is 0 Å². The molecule has 2 aromatic rings. The molecule has 1 aliphatic rings. The van der Waals surface area contributed by atoms with Gasteiger partial charge in [0, 0.05) is 37.0 Å². The fourth-order valence-electron chi connectivity index (χ4n) is 2.63. The molecule has 7 heteroatoms. The zero-order chi connectivity index (χ0) is 14.8. The summed E-state index contributed by atoms with van der Waals surface area (Å²) >= 11 is 0. The second-order valence-electron chi connectivity index (χ2n) is 5.31. The lowest BCUT2D eigenvalue weighted by Crippen LogP contribution is -2.36. The standard InChI is InChI=1S/C14H17N5O2/c1-10-2-3-13(20)19(17-10)9-14(21)18-7-5-11(8-18)12-4-6-15-16-12/h2-4,6,11H,5,7-9H2,1H3,(H,15,16)/t11-/m0/s1. The molecule has 0 saturated carbocycles. The molecule has 0 bridgehead atoms. The summed E-state index contributed by atoms with van der Waals surface area (Å²) in [6, 6.07) is 5.02. The molecular weight excluding hydrogens is 270 g/mol. The van der Waals surface area contributed by atoms with Gasteiger partial charge in [-0.3, -0.25) is 14.7 Å². The molecule has 1 atom stereocenters. The second kappa shape index (κ2) is 5.51. The summed E-state index contributed by atoms with van der Waals surface area (Å²) < 4.78 is 1.22. The van der Waals surface area contributed by atoms with Gasteiger partial charge in [0.15, 0.2) is 0 Å². The highest BCUT2D eigenvalue weighted by atomic mass is 16.2. The molecule has 3 rings (SSSR count). The van der Waals surface area contributed by atoms with Crippen LogP contribution in [0.5, 0.6) is 0 Å². The first-order valence-electron chi connectivity index (χ1n) is 6.95. The monoisotopic (exact) mass is 287 g/mol. The molecule has 3 heterocycles. The number of rotatable bonds is 3. The molecule has 0 radical (unpaired) electrons. The molecular formula is C14H17N5O2. The fourth-order valence-corrected chi connectivity index (χ4v) is 2.63. The van der Waals surface area contributed by atoms with E-state index in [0.29, 0.717) is 19.0 Å². The molecule has 0 spiro atoms. The Labute approximate surface area is 121 Å². The van der Waals surface area contributed by atoms with Crippen LogP contribution < -0.4 is 5.56 Å². The van der Waals surface area contributed by atoms with Gasteiger partial charge in [0.05, 0.1) is 5.69 Å². The molecule has 0 aromatic carbocycles. The Hall–Kier alpha value is -2.44. The van der Waals surface area contributed by atoms with Crippen molar-refractivity contribution in [3.8, 4) is 0 Å². The Bertz CT molecular complexity index is 692. The van der Waals surface area contributed by atoms with Crippen molar-refractivity contribution < 1.29 is 4.79 Å². The van der Waals surface area contributed by atoms with Gasteiger partial charge < -0.3 is 4.90 Å². The minimum atomic E-state index is -0.252. The van der Waals surface area contributed by atoms with E-state index >= 15 is 0 Å². The van der Waals surface area contributed by atoms with Crippen molar-refractivity contribution in [2.45, 2.75) is 25.8 Å². The summed E-state index contributed by atoms with van der Waals surface area (Å²) in [7, 11) is 0. The van der Waals surface area contributed by atoms with Gasteiger partial charge >= 0.3 is 0 Å². The lowest BCUT2D eigenvalue weighted by atomic mass is 10.1. The molecule has 1 amide bonds. The van der Waals surface area contributed by atoms with Crippen LogP contribution in [0.4, 0.5) is 0 Å². The molecule has 21 heavy (non-hydrogen) atoms. The summed E-state index contributed by atoms with van der Waals surface area (Å²) in [6.45, 7) is 3.14. The van der Waals surface area contributed by atoms with E-state index in [0.717, 1.165) is 17.8 Å². The van der Waals surface area contributed by atoms with Gasteiger partial charge in [-0.1, -0.05) is 0 Å². The van der Waals surface area contributed by atoms with E-state index in [1.165, 1.54) is 10.7 Å². The average Bonchev–Trinajstić information content (AvgIpc) is 3.12. The van der Waals surface area contributed by atoms with Crippen LogP contribution >= 0.6 is 0 Å². The lowest BCUT2D eigenvalue weighted by molar-refractivity contribution is -0.131. The van der Waals surface area contributed by atoms with Crippen LogP contribution in [-0.2, 0) is 11.3 Å². The highest BCUT2D eigenvalue weighted by Gasteiger charge is 2.28. The molecule has 1 saturated heterocycles. The van der Waals surface area contributed by atoms with E-state index in [4.69, 9.17) is 0 Å². The normalized spacial score (nSPS) is 18.1. The Morgan fingerprint density at radius 3 is 3.05 bits per heavy atom. The van der Waals surface area contributed by atoms with E-state index in [1.807, 2.05) is 6.07 Å². The van der Waals surface area contributed by atoms with Crippen molar-refractivity contribution in [3.63, 3.8) is 0 Å². The van der Waals surface area contributed by atoms with Gasteiger partial charge in [-0.25, -0.2) is 4.68 Å². The maximum Gasteiger partial charge on any atom is 0.267 e. The number of likely N-dealkylation sites (tertiary alicyclic amines) is 1. The number of nitrogens with one attached hydrogen (secondary N) is 1. The SMILES string of the molecule is Cc1ccc(=O)n(CC(=O)N2CC[C@H](c3ccn[nH]3)C2)n1. The minimum absolute atomic E-state index is 0.00376. The van der Waals surface area contributed by atoms with Crippen LogP contribution in [0.25, 0.3) is 0 Å². The Morgan fingerprint density at radius 2 is 2.29 bits per heavy atom. The molecule has 7 nitrogen and oxygen atoms in total. The molecule has 1 aliphatic heterocycles. The van der Waals surface area contributed by atoms with Crippen LogP contribution in [-0.4, -0.2) is 43.9 Å². The highest BCUT2D eigenvalue weighted by Crippen LogP contribution is 2.25. The van der Waals surface area contributed by atoms with E-state index < -0.39 is 0 Å². The molecule has 0 unspecified atom stereocenters. The first-order chi connectivity index (χ1) is 10.1. The lowest BCUT2D eigenvalue weighted by Gasteiger charge is -2.16. The van der Waals surface area contributed by atoms with E-state index in [2.05, 4.69) is 15.3 Å². The number of H-pyrrole nitrogens is 1. The van der Waals surface area contributed by atoms with E-state index in [-0.39, 0.29) is 18.0 Å². The van der Waals surface area contributed by atoms with Gasteiger partial charge in [-0.05, 0) is 25.5 Å². The smallest absolute Gasteiger partial charge is 0.267 e. The van der Waals surface area contributed by atoms with E-state index in [9.17, 15) is 9.59 Å². The summed E-state index contributed by atoms with van der Waals surface area (Å²) in [4.78, 5) is 25.8. The molecule has 1 fully saturated rings. The number of aromatic amines is 1. The zero-order valence-corrected chi connectivity index (χ0v) is 11.8. The topological polar surface area (TPSA) is 83.9 Å². The number of carbonyl (C=O) groups is 1. The van der Waals surface area contributed by atoms with Crippen LogP contribution in [0.15, 0.2) is 29.2 Å². The predicted molar refractivity (Wildman–Crippen MR) is 75.8 cm³/mol. The number of aryl methyl sites for hydroxylation is 1. The Balaban J connectivity index is 1.67. The van der Waals surface area contributed by atoms with Gasteiger partial charge in [0.25, 0.3) is 5.56 Å². The molecule has 2 aromatic heterocycles. The number of amides is 1. The molecule has 1 N–H and O–H groups in total. The molecule has 110 valence electrons.